The molecule has 8 heteroatoms. The summed E-state index contributed by atoms with van der Waals surface area (Å²) in [5.74, 6) is 0. The van der Waals surface area contributed by atoms with Gasteiger partial charge in [0.05, 0.1) is 10.7 Å². The lowest BCUT2D eigenvalue weighted by Gasteiger charge is -2.08. The SMILES string of the molecule is O=S(=O)(Nc1ccc(Cl)c(Br)c1)c1cncc(Br)c1. The summed E-state index contributed by atoms with van der Waals surface area (Å²) in [6, 6.07) is 6.24. The Labute approximate surface area is 132 Å². The summed E-state index contributed by atoms with van der Waals surface area (Å²) in [4.78, 5) is 3.90. The molecule has 1 N–H and O–H groups in total. The Balaban J connectivity index is 2.33. The van der Waals surface area contributed by atoms with Crippen molar-refractivity contribution < 1.29 is 8.42 Å². The minimum atomic E-state index is -3.67. The molecule has 1 aromatic heterocycles. The quantitative estimate of drug-likeness (QED) is 0.805. The minimum Gasteiger partial charge on any atom is -0.280 e. The predicted octanol–water partition coefficient (Wildman–Crippen LogP) is 4.06. The molecule has 4 nitrogen and oxygen atoms in total. The van der Waals surface area contributed by atoms with Crippen molar-refractivity contribution in [2.24, 2.45) is 0 Å². The van der Waals surface area contributed by atoms with Crippen molar-refractivity contribution in [1.82, 2.24) is 4.98 Å². The fraction of sp³-hybridized carbons (Fsp3) is 0. The zero-order chi connectivity index (χ0) is 14.0. The number of anilines is 1. The molecule has 2 aromatic rings. The van der Waals surface area contributed by atoms with Crippen LogP contribution in [-0.4, -0.2) is 13.4 Å². The molecular formula is C11H7Br2ClN2O2S. The molecule has 0 amide bonds. The molecule has 0 aliphatic rings. The molecule has 0 spiro atoms. The normalized spacial score (nSPS) is 11.3. The number of hydrogen-bond acceptors (Lipinski definition) is 3. The molecule has 0 bridgehead atoms. The number of benzene rings is 1. The molecule has 100 valence electrons. The second kappa shape index (κ2) is 5.78. The van der Waals surface area contributed by atoms with E-state index in [-0.39, 0.29) is 4.90 Å². The first-order chi connectivity index (χ1) is 8.88. The van der Waals surface area contributed by atoms with Crippen molar-refractivity contribution in [3.63, 3.8) is 0 Å². The highest BCUT2D eigenvalue weighted by molar-refractivity contribution is 9.10. The third-order valence-electron chi connectivity index (χ3n) is 2.16. The third-order valence-corrected chi connectivity index (χ3v) is 5.16. The molecule has 19 heavy (non-hydrogen) atoms. The number of halogens is 3. The maximum Gasteiger partial charge on any atom is 0.263 e. The predicted molar refractivity (Wildman–Crippen MR) is 81.9 cm³/mol. The number of aromatic nitrogens is 1. The summed E-state index contributed by atoms with van der Waals surface area (Å²) < 4.78 is 27.9. The first kappa shape index (κ1) is 14.8. The minimum absolute atomic E-state index is 0.0768. The van der Waals surface area contributed by atoms with Gasteiger partial charge in [0.2, 0.25) is 0 Å². The maximum absolute atomic E-state index is 12.1. The lowest BCUT2D eigenvalue weighted by atomic mass is 10.3. The van der Waals surface area contributed by atoms with Crippen molar-refractivity contribution in [2.45, 2.75) is 4.90 Å². The van der Waals surface area contributed by atoms with Crippen LogP contribution >= 0.6 is 43.5 Å². The molecule has 0 radical (unpaired) electrons. The van der Waals surface area contributed by atoms with Crippen LogP contribution in [0.15, 0.2) is 50.5 Å². The lowest BCUT2D eigenvalue weighted by Crippen LogP contribution is -2.13. The van der Waals surface area contributed by atoms with Crippen LogP contribution < -0.4 is 4.72 Å². The van der Waals surface area contributed by atoms with E-state index in [1.54, 1.807) is 18.2 Å². The van der Waals surface area contributed by atoms with Crippen LogP contribution in [0.25, 0.3) is 0 Å². The van der Waals surface area contributed by atoms with Crippen LogP contribution in [0.5, 0.6) is 0 Å². The topological polar surface area (TPSA) is 59.1 Å². The number of nitrogens with one attached hydrogen (secondary N) is 1. The molecule has 0 saturated heterocycles. The Hall–Kier alpha value is -0.630. The van der Waals surface area contributed by atoms with Gasteiger partial charge in [0, 0.05) is 21.3 Å². The van der Waals surface area contributed by atoms with Crippen LogP contribution in [0.2, 0.25) is 5.02 Å². The molecule has 0 aliphatic heterocycles. The van der Waals surface area contributed by atoms with Gasteiger partial charge in [0.15, 0.2) is 0 Å². The number of sulfonamides is 1. The maximum atomic E-state index is 12.1. The fourth-order valence-electron chi connectivity index (χ4n) is 1.31. The molecule has 0 unspecified atom stereocenters. The largest absolute Gasteiger partial charge is 0.280 e. The van der Waals surface area contributed by atoms with E-state index in [0.29, 0.717) is 19.7 Å². The summed E-state index contributed by atoms with van der Waals surface area (Å²) in [6.45, 7) is 0. The monoisotopic (exact) mass is 424 g/mol. The van der Waals surface area contributed by atoms with Crippen LogP contribution in [0.4, 0.5) is 5.69 Å². The Morgan fingerprint density at radius 3 is 2.53 bits per heavy atom. The van der Waals surface area contributed by atoms with E-state index in [4.69, 9.17) is 11.6 Å². The molecule has 1 aromatic carbocycles. The van der Waals surface area contributed by atoms with Gasteiger partial charge < -0.3 is 0 Å². The van der Waals surface area contributed by atoms with Crippen LogP contribution in [0.1, 0.15) is 0 Å². The highest BCUT2D eigenvalue weighted by Crippen LogP contribution is 2.27. The van der Waals surface area contributed by atoms with Gasteiger partial charge in [-0.25, -0.2) is 8.42 Å². The van der Waals surface area contributed by atoms with Gasteiger partial charge in [-0.1, -0.05) is 11.6 Å². The summed E-state index contributed by atoms with van der Waals surface area (Å²) >= 11 is 12.3. The van der Waals surface area contributed by atoms with Gasteiger partial charge in [-0.2, -0.15) is 0 Å². The Bertz CT molecular complexity index is 722. The second-order valence-electron chi connectivity index (χ2n) is 3.57. The Kier molecular flexibility index (Phi) is 4.50. The van der Waals surface area contributed by atoms with E-state index in [1.165, 1.54) is 18.5 Å². The van der Waals surface area contributed by atoms with E-state index in [9.17, 15) is 8.42 Å². The Morgan fingerprint density at radius 2 is 1.89 bits per heavy atom. The molecule has 0 atom stereocenters. The van der Waals surface area contributed by atoms with E-state index in [1.807, 2.05) is 0 Å². The van der Waals surface area contributed by atoms with Crippen molar-refractivity contribution in [1.29, 1.82) is 0 Å². The zero-order valence-electron chi connectivity index (χ0n) is 9.27. The fourth-order valence-corrected chi connectivity index (χ4v) is 3.36. The molecule has 2 rings (SSSR count). The first-order valence-corrected chi connectivity index (χ1v) is 8.41. The van der Waals surface area contributed by atoms with Crippen LogP contribution in [0.3, 0.4) is 0 Å². The highest BCUT2D eigenvalue weighted by Gasteiger charge is 2.15. The van der Waals surface area contributed by atoms with Gasteiger partial charge in [-0.05, 0) is 56.1 Å². The van der Waals surface area contributed by atoms with E-state index in [0.717, 1.165) is 0 Å². The van der Waals surface area contributed by atoms with Gasteiger partial charge >= 0.3 is 0 Å². The van der Waals surface area contributed by atoms with Crippen LogP contribution in [0, 0.1) is 0 Å². The number of pyridine rings is 1. The van der Waals surface area contributed by atoms with E-state index >= 15 is 0 Å². The Morgan fingerprint density at radius 1 is 1.16 bits per heavy atom. The summed E-state index contributed by atoms with van der Waals surface area (Å²) in [6.07, 6.45) is 2.79. The first-order valence-electron chi connectivity index (χ1n) is 4.97. The van der Waals surface area contributed by atoms with Crippen molar-refractivity contribution in [3.8, 4) is 0 Å². The lowest BCUT2D eigenvalue weighted by molar-refractivity contribution is 0.600. The van der Waals surface area contributed by atoms with Gasteiger partial charge in [0.1, 0.15) is 4.90 Å². The average molecular weight is 427 g/mol. The molecule has 1 heterocycles. The summed E-state index contributed by atoms with van der Waals surface area (Å²) in [5, 5.41) is 0.507. The van der Waals surface area contributed by atoms with Gasteiger partial charge in [-0.3, -0.25) is 9.71 Å². The molecule has 0 aliphatic carbocycles. The van der Waals surface area contributed by atoms with Crippen molar-refractivity contribution >= 4 is 59.2 Å². The number of rotatable bonds is 3. The van der Waals surface area contributed by atoms with E-state index < -0.39 is 10.0 Å². The highest BCUT2D eigenvalue weighted by atomic mass is 79.9. The number of nitrogens with zero attached hydrogens (tertiary/aromatic N) is 1. The zero-order valence-corrected chi connectivity index (χ0v) is 14.0. The van der Waals surface area contributed by atoms with Crippen molar-refractivity contribution in [2.75, 3.05) is 4.72 Å². The molecular weight excluding hydrogens is 419 g/mol. The van der Waals surface area contributed by atoms with Gasteiger partial charge in [-0.15, -0.1) is 0 Å². The van der Waals surface area contributed by atoms with Crippen molar-refractivity contribution in [3.05, 3.63) is 50.6 Å². The summed E-state index contributed by atoms with van der Waals surface area (Å²) in [5.41, 5.74) is 0.413. The second-order valence-corrected chi connectivity index (χ2v) is 7.43. The average Bonchev–Trinajstić information content (AvgIpc) is 2.33. The van der Waals surface area contributed by atoms with Gasteiger partial charge in [0.25, 0.3) is 10.0 Å². The molecule has 0 fully saturated rings. The van der Waals surface area contributed by atoms with Crippen LogP contribution in [-0.2, 0) is 10.0 Å². The summed E-state index contributed by atoms with van der Waals surface area (Å²) in [7, 11) is -3.67. The number of hydrogen-bond donors (Lipinski definition) is 1. The smallest absolute Gasteiger partial charge is 0.263 e. The third kappa shape index (κ3) is 3.68. The standard InChI is InChI=1S/C11H7Br2ClN2O2S/c12-7-3-9(6-15-5-7)19(17,18)16-8-1-2-11(14)10(13)4-8/h1-6,16H. The molecule has 0 saturated carbocycles. The van der Waals surface area contributed by atoms with E-state index in [2.05, 4.69) is 41.6 Å².